The van der Waals surface area contributed by atoms with Crippen molar-refractivity contribution in [1.82, 2.24) is 39.7 Å². The fourth-order valence-corrected chi connectivity index (χ4v) is 8.17. The number of fused-ring (bicyclic) bond motifs is 3. The number of H-pyrrole nitrogens is 2. The molecule has 6 aromatic rings. The average molecular weight is 757 g/mol. The topological polar surface area (TPSA) is 142 Å². The zero-order valence-corrected chi connectivity index (χ0v) is 34.0. The van der Waals surface area contributed by atoms with Gasteiger partial charge in [0.05, 0.1) is 56.6 Å². The summed E-state index contributed by atoms with van der Waals surface area (Å²) in [7, 11) is 0. The van der Waals surface area contributed by atoms with Gasteiger partial charge in [-0.15, -0.1) is 0 Å². The van der Waals surface area contributed by atoms with Crippen molar-refractivity contribution in [3.05, 3.63) is 72.3 Å². The van der Waals surface area contributed by atoms with Gasteiger partial charge in [-0.25, -0.2) is 29.5 Å². The van der Waals surface area contributed by atoms with Crippen LogP contribution in [0.1, 0.15) is 106 Å². The molecule has 2 fully saturated rings. The quantitative estimate of drug-likeness (QED) is 0.181. The summed E-state index contributed by atoms with van der Waals surface area (Å²) in [6.07, 6.45) is 0.980. The van der Waals surface area contributed by atoms with Gasteiger partial charge in [0.15, 0.2) is 0 Å². The summed E-state index contributed by atoms with van der Waals surface area (Å²) in [5.41, 5.74) is 7.40. The highest BCUT2D eigenvalue weighted by molar-refractivity contribution is 5.86. The Morgan fingerprint density at radius 2 is 0.946 bits per heavy atom. The molecule has 2 N–H and O–H groups in total. The lowest BCUT2D eigenvalue weighted by Gasteiger charge is -2.31. The van der Waals surface area contributed by atoms with Gasteiger partial charge in [0, 0.05) is 23.2 Å². The molecule has 2 amide bonds. The van der Waals surface area contributed by atoms with Crippen LogP contribution in [0.3, 0.4) is 0 Å². The number of nitrogens with one attached hydrogen (secondary N) is 2. The second-order valence-electron chi connectivity index (χ2n) is 17.9. The van der Waals surface area contributed by atoms with Gasteiger partial charge >= 0.3 is 12.2 Å². The van der Waals surface area contributed by atoms with E-state index < -0.39 is 11.2 Å². The van der Waals surface area contributed by atoms with E-state index in [4.69, 9.17) is 29.4 Å². The molecule has 2 aliphatic heterocycles. The van der Waals surface area contributed by atoms with Crippen molar-refractivity contribution in [3.8, 4) is 22.5 Å². The van der Waals surface area contributed by atoms with Crippen LogP contribution in [0.2, 0.25) is 0 Å². The number of amides is 2. The second kappa shape index (κ2) is 13.6. The molecule has 6 atom stereocenters. The fraction of sp³-hybridized carbons (Fsp3) is 0.455. The zero-order chi connectivity index (χ0) is 39.8. The summed E-state index contributed by atoms with van der Waals surface area (Å²) < 4.78 is 11.6. The maximum atomic E-state index is 13.3. The van der Waals surface area contributed by atoms with Gasteiger partial charge in [-0.05, 0) is 129 Å². The van der Waals surface area contributed by atoms with Gasteiger partial charge in [0.2, 0.25) is 0 Å². The third-order valence-electron chi connectivity index (χ3n) is 11.4. The van der Waals surface area contributed by atoms with E-state index >= 15 is 0 Å². The van der Waals surface area contributed by atoms with Crippen LogP contribution in [0.25, 0.3) is 55.6 Å². The molecule has 12 heteroatoms. The third kappa shape index (κ3) is 7.05. The molecule has 6 heterocycles. The third-order valence-corrected chi connectivity index (χ3v) is 11.4. The number of benzene rings is 2. The smallest absolute Gasteiger partial charge is 0.411 e. The van der Waals surface area contributed by atoms with Gasteiger partial charge in [-0.1, -0.05) is 26.0 Å². The molecule has 0 aliphatic carbocycles. The van der Waals surface area contributed by atoms with E-state index in [0.29, 0.717) is 11.8 Å². The highest BCUT2D eigenvalue weighted by Gasteiger charge is 2.44. The summed E-state index contributed by atoms with van der Waals surface area (Å²) >= 11 is 0. The minimum Gasteiger partial charge on any atom is -0.444 e. The summed E-state index contributed by atoms with van der Waals surface area (Å²) in [6, 6.07) is 19.8. The van der Waals surface area contributed by atoms with Gasteiger partial charge in [0.25, 0.3) is 0 Å². The molecule has 12 nitrogen and oxygen atoms in total. The van der Waals surface area contributed by atoms with Crippen LogP contribution in [-0.4, -0.2) is 75.2 Å². The molecule has 0 saturated carbocycles. The Bertz CT molecular complexity index is 2300. The number of ether oxygens (including phenoxy) is 2. The standard InChI is InChI=1S/C44H52N8O4/c1-23-19-37(51(25(23)3)41(53)55-43(5,6)7)39-47-33-13-11-27(21-35(33)49-39)29-15-17-32-31(45-29)18-16-30(46-32)28-12-14-34-36(22-28)50-40(48-34)38-20-24(2)26(4)52(38)42(54)56-44(8,9)10/h11-18,21-26,37-38H,19-20H2,1-10H3,(H,47,49)(H,48,50)/t23-,24-,25-,26-,37+,38+/m1/s1. The van der Waals surface area contributed by atoms with E-state index in [-0.39, 0.29) is 36.4 Å². The largest absolute Gasteiger partial charge is 0.444 e. The van der Waals surface area contributed by atoms with Gasteiger partial charge in [-0.3, -0.25) is 9.80 Å². The Morgan fingerprint density at radius 1 is 0.571 bits per heavy atom. The number of carbonyl (C=O) groups is 2. The van der Waals surface area contributed by atoms with Crippen molar-refractivity contribution in [1.29, 1.82) is 0 Å². The Labute approximate surface area is 327 Å². The minimum atomic E-state index is -0.582. The lowest BCUT2D eigenvalue weighted by molar-refractivity contribution is 0.0130. The second-order valence-corrected chi connectivity index (χ2v) is 17.9. The van der Waals surface area contributed by atoms with Crippen LogP contribution in [0, 0.1) is 11.8 Å². The monoisotopic (exact) mass is 756 g/mol. The van der Waals surface area contributed by atoms with Crippen LogP contribution in [0.5, 0.6) is 0 Å². The van der Waals surface area contributed by atoms with E-state index in [9.17, 15) is 9.59 Å². The van der Waals surface area contributed by atoms with E-state index in [2.05, 4.69) is 49.8 Å². The Balaban J connectivity index is 1.03. The highest BCUT2D eigenvalue weighted by Crippen LogP contribution is 2.42. The van der Waals surface area contributed by atoms with Crippen LogP contribution in [0.4, 0.5) is 9.59 Å². The lowest BCUT2D eigenvalue weighted by atomic mass is 10.0. The number of hydrogen-bond donors (Lipinski definition) is 2. The zero-order valence-electron chi connectivity index (χ0n) is 34.0. The molecule has 292 valence electrons. The molecule has 0 radical (unpaired) electrons. The maximum Gasteiger partial charge on any atom is 0.411 e. The van der Waals surface area contributed by atoms with Crippen LogP contribution < -0.4 is 0 Å². The molecular weight excluding hydrogens is 705 g/mol. The van der Waals surface area contributed by atoms with Gasteiger partial charge in [-0.2, -0.15) is 0 Å². The van der Waals surface area contributed by atoms with Crippen LogP contribution in [0.15, 0.2) is 60.7 Å². The first kappa shape index (κ1) is 37.4. The van der Waals surface area contributed by atoms with Crippen molar-refractivity contribution in [2.75, 3.05) is 0 Å². The molecule has 4 aromatic heterocycles. The summed E-state index contributed by atoms with van der Waals surface area (Å²) in [6.45, 7) is 19.8. The molecule has 56 heavy (non-hydrogen) atoms. The Kier molecular flexibility index (Phi) is 9.08. The van der Waals surface area contributed by atoms with Crippen molar-refractivity contribution >= 4 is 45.3 Å². The lowest BCUT2D eigenvalue weighted by Crippen LogP contribution is -2.41. The fourth-order valence-electron chi connectivity index (χ4n) is 8.17. The summed E-state index contributed by atoms with van der Waals surface area (Å²) in [5.74, 6) is 2.14. The number of nitrogens with zero attached hydrogens (tertiary/aromatic N) is 6. The SMILES string of the molecule is C[C@@H]1C[C@@H](c2nc3ccc(-c4ccc5nc(-c6ccc7nc([C@@H]8C[C@@H](C)[C@@H](C)N8C(=O)OC(C)(C)C)[nH]c7c6)ccc5n4)cc3[nH]2)N(C(=O)OC(C)(C)C)[C@@H]1C. The first-order chi connectivity index (χ1) is 26.4. The van der Waals surface area contributed by atoms with Crippen molar-refractivity contribution < 1.29 is 19.1 Å². The number of rotatable bonds is 4. The number of likely N-dealkylation sites (tertiary alicyclic amines) is 2. The number of carbonyl (C=O) groups excluding carboxylic acids is 2. The molecule has 2 saturated heterocycles. The van der Waals surface area contributed by atoms with E-state index in [1.54, 1.807) is 0 Å². The summed E-state index contributed by atoms with van der Waals surface area (Å²) in [4.78, 5) is 57.1. The maximum absolute atomic E-state index is 13.3. The predicted octanol–water partition coefficient (Wildman–Crippen LogP) is 10.1. The molecule has 8 rings (SSSR count). The molecular formula is C44H52N8O4. The molecule has 2 aromatic carbocycles. The van der Waals surface area contributed by atoms with Gasteiger partial charge in [0.1, 0.15) is 22.9 Å². The minimum absolute atomic E-state index is 0.0316. The molecule has 0 bridgehead atoms. The van der Waals surface area contributed by atoms with Gasteiger partial charge < -0.3 is 19.4 Å². The number of imidazole rings is 2. The van der Waals surface area contributed by atoms with E-state index in [0.717, 1.165) is 80.1 Å². The molecule has 0 spiro atoms. The molecule has 0 unspecified atom stereocenters. The number of aromatic nitrogens is 6. The summed E-state index contributed by atoms with van der Waals surface area (Å²) in [5, 5.41) is 0. The normalized spacial score (nSPS) is 23.1. The predicted molar refractivity (Wildman–Crippen MR) is 218 cm³/mol. The molecule has 2 aliphatic rings. The van der Waals surface area contributed by atoms with E-state index in [1.807, 2.05) is 99.9 Å². The van der Waals surface area contributed by atoms with E-state index in [1.165, 1.54) is 0 Å². The van der Waals surface area contributed by atoms with Crippen LogP contribution in [-0.2, 0) is 9.47 Å². The average Bonchev–Trinajstić information content (AvgIpc) is 3.89. The Morgan fingerprint density at radius 3 is 1.32 bits per heavy atom. The number of pyridine rings is 2. The Hall–Kier alpha value is -5.52. The number of aromatic amines is 2. The van der Waals surface area contributed by atoms with Crippen LogP contribution >= 0.6 is 0 Å². The highest BCUT2D eigenvalue weighted by atomic mass is 16.6. The van der Waals surface area contributed by atoms with Crippen molar-refractivity contribution in [2.24, 2.45) is 11.8 Å². The van der Waals surface area contributed by atoms with Crippen molar-refractivity contribution in [2.45, 2.75) is 117 Å². The first-order valence-electron chi connectivity index (χ1n) is 19.7. The first-order valence-corrected chi connectivity index (χ1v) is 19.7. The van der Waals surface area contributed by atoms with Crippen molar-refractivity contribution in [3.63, 3.8) is 0 Å². The number of hydrogen-bond acceptors (Lipinski definition) is 8.